The average Bonchev–Trinajstić information content (AvgIpc) is 3.27. The Labute approximate surface area is 161 Å². The van der Waals surface area contributed by atoms with Gasteiger partial charge >= 0.3 is 0 Å². The van der Waals surface area contributed by atoms with Crippen molar-refractivity contribution in [3.63, 3.8) is 0 Å². The van der Waals surface area contributed by atoms with Crippen molar-refractivity contribution in [1.29, 1.82) is 0 Å². The molecule has 3 aromatic rings. The first-order valence-electron chi connectivity index (χ1n) is 8.40. The molecule has 0 saturated heterocycles. The molecule has 0 radical (unpaired) electrons. The number of nitrogens with one attached hydrogen (secondary N) is 1. The van der Waals surface area contributed by atoms with E-state index in [9.17, 15) is 4.79 Å². The van der Waals surface area contributed by atoms with Gasteiger partial charge < -0.3 is 14.0 Å². The Morgan fingerprint density at radius 3 is 2.70 bits per heavy atom. The van der Waals surface area contributed by atoms with E-state index in [-0.39, 0.29) is 11.8 Å². The molecule has 0 saturated carbocycles. The quantitative estimate of drug-likeness (QED) is 0.670. The number of aromatic nitrogens is 2. The van der Waals surface area contributed by atoms with Crippen LogP contribution in [0.4, 0.5) is 5.13 Å². The Bertz CT molecular complexity index is 962. The molecule has 8 heteroatoms. The maximum absolute atomic E-state index is 12.7. The Kier molecular flexibility index (Phi) is 5.46. The lowest BCUT2D eigenvalue weighted by Crippen LogP contribution is -2.14. The maximum Gasteiger partial charge on any atom is 0.262 e. The molecule has 0 aliphatic carbocycles. The highest BCUT2D eigenvalue weighted by atomic mass is 32.1. The molecule has 27 heavy (non-hydrogen) atoms. The fraction of sp³-hybridized carbons (Fsp3) is 0.316. The van der Waals surface area contributed by atoms with Gasteiger partial charge in [0, 0.05) is 22.9 Å². The molecule has 1 amide bonds. The molecular formula is C19H21N3O4S. The van der Waals surface area contributed by atoms with Crippen LogP contribution < -0.4 is 14.8 Å². The number of carbonyl (C=O) groups is 1. The van der Waals surface area contributed by atoms with Gasteiger partial charge in [0.25, 0.3) is 5.91 Å². The van der Waals surface area contributed by atoms with Crippen molar-refractivity contribution >= 4 is 22.4 Å². The van der Waals surface area contributed by atoms with Gasteiger partial charge in [0.05, 0.1) is 25.6 Å². The van der Waals surface area contributed by atoms with E-state index in [1.807, 2.05) is 31.4 Å². The summed E-state index contributed by atoms with van der Waals surface area (Å²) in [5, 5.41) is 9.10. The van der Waals surface area contributed by atoms with E-state index < -0.39 is 0 Å². The third-order valence-corrected chi connectivity index (χ3v) is 4.81. The van der Waals surface area contributed by atoms with Crippen molar-refractivity contribution in [2.45, 2.75) is 26.7 Å². The van der Waals surface area contributed by atoms with Gasteiger partial charge in [-0.1, -0.05) is 19.0 Å². The second-order valence-electron chi connectivity index (χ2n) is 6.22. The Morgan fingerprint density at radius 2 is 2.04 bits per heavy atom. The number of hydrogen-bond donors (Lipinski definition) is 1. The molecule has 0 aliphatic rings. The van der Waals surface area contributed by atoms with Crippen LogP contribution in [0, 0.1) is 6.92 Å². The van der Waals surface area contributed by atoms with Crippen LogP contribution in [-0.4, -0.2) is 30.3 Å². The van der Waals surface area contributed by atoms with Crippen LogP contribution in [0.15, 0.2) is 28.1 Å². The number of anilines is 1. The van der Waals surface area contributed by atoms with Crippen LogP contribution in [-0.2, 0) is 0 Å². The third kappa shape index (κ3) is 3.80. The van der Waals surface area contributed by atoms with E-state index in [4.69, 9.17) is 14.0 Å². The summed E-state index contributed by atoms with van der Waals surface area (Å²) in [6, 6.07) is 5.51. The first kappa shape index (κ1) is 18.9. The number of hydrogen-bond acceptors (Lipinski definition) is 7. The number of amides is 1. The molecule has 0 bridgehead atoms. The molecule has 0 aliphatic heterocycles. The lowest BCUT2D eigenvalue weighted by Gasteiger charge is -2.08. The minimum Gasteiger partial charge on any atom is -0.497 e. The summed E-state index contributed by atoms with van der Waals surface area (Å²) >= 11 is 1.34. The van der Waals surface area contributed by atoms with E-state index >= 15 is 0 Å². The van der Waals surface area contributed by atoms with Crippen molar-refractivity contribution in [2.24, 2.45) is 0 Å². The third-order valence-electron chi connectivity index (χ3n) is 4.05. The van der Waals surface area contributed by atoms with Crippen LogP contribution in [0.3, 0.4) is 0 Å². The summed E-state index contributed by atoms with van der Waals surface area (Å²) in [5.74, 6) is 1.69. The predicted molar refractivity (Wildman–Crippen MR) is 104 cm³/mol. The lowest BCUT2D eigenvalue weighted by molar-refractivity contribution is 0.102. The van der Waals surface area contributed by atoms with Crippen molar-refractivity contribution in [3.05, 3.63) is 40.6 Å². The van der Waals surface area contributed by atoms with Gasteiger partial charge in [-0.05, 0) is 19.1 Å². The lowest BCUT2D eigenvalue weighted by atomic mass is 10.0. The monoisotopic (exact) mass is 387 g/mol. The largest absolute Gasteiger partial charge is 0.497 e. The molecular weight excluding hydrogens is 366 g/mol. The summed E-state index contributed by atoms with van der Waals surface area (Å²) in [7, 11) is 3.19. The Balaban J connectivity index is 1.85. The van der Waals surface area contributed by atoms with Crippen molar-refractivity contribution in [1.82, 2.24) is 10.1 Å². The smallest absolute Gasteiger partial charge is 0.262 e. The molecule has 0 atom stereocenters. The highest BCUT2D eigenvalue weighted by molar-refractivity contribution is 7.14. The standard InChI is InChI=1S/C19H21N3O4S/c1-10(2)17-16(11(3)22-26-17)18(23)21-19-20-14(9-27-19)13-7-6-12(24-4)8-15(13)25-5/h6-10H,1-5H3,(H,20,21,23). The number of rotatable bonds is 6. The zero-order valence-corrected chi connectivity index (χ0v) is 16.6. The van der Waals surface area contributed by atoms with E-state index in [2.05, 4.69) is 15.5 Å². The zero-order valence-electron chi connectivity index (χ0n) is 15.8. The number of nitrogens with zero attached hydrogens (tertiary/aromatic N) is 2. The summed E-state index contributed by atoms with van der Waals surface area (Å²) < 4.78 is 15.9. The number of thiazole rings is 1. The number of benzene rings is 1. The summed E-state index contributed by atoms with van der Waals surface area (Å²) in [4.78, 5) is 17.2. The first-order chi connectivity index (χ1) is 12.9. The van der Waals surface area contributed by atoms with Gasteiger partial charge in [-0.25, -0.2) is 4.98 Å². The summed E-state index contributed by atoms with van der Waals surface area (Å²) in [5.41, 5.74) is 2.55. The van der Waals surface area contributed by atoms with Crippen molar-refractivity contribution in [2.75, 3.05) is 19.5 Å². The van der Waals surface area contributed by atoms with Gasteiger partial charge in [0.1, 0.15) is 17.1 Å². The zero-order chi connectivity index (χ0) is 19.6. The van der Waals surface area contributed by atoms with Crippen LogP contribution in [0.25, 0.3) is 11.3 Å². The van der Waals surface area contributed by atoms with E-state index in [1.165, 1.54) is 11.3 Å². The maximum atomic E-state index is 12.7. The van der Waals surface area contributed by atoms with Crippen LogP contribution >= 0.6 is 11.3 Å². The molecule has 0 fully saturated rings. The van der Waals surface area contributed by atoms with Gasteiger partial charge in [0.15, 0.2) is 10.9 Å². The Morgan fingerprint density at radius 1 is 1.26 bits per heavy atom. The minimum absolute atomic E-state index is 0.0577. The highest BCUT2D eigenvalue weighted by Crippen LogP contribution is 2.35. The number of aryl methyl sites for hydroxylation is 1. The molecule has 2 aromatic heterocycles. The summed E-state index contributed by atoms with van der Waals surface area (Å²) in [6.07, 6.45) is 0. The molecule has 0 spiro atoms. The predicted octanol–water partition coefficient (Wildman–Crippen LogP) is 4.50. The number of carbonyl (C=O) groups excluding carboxylic acids is 1. The van der Waals surface area contributed by atoms with Gasteiger partial charge in [-0.15, -0.1) is 11.3 Å². The van der Waals surface area contributed by atoms with Crippen LogP contribution in [0.2, 0.25) is 0 Å². The number of methoxy groups -OCH3 is 2. The molecule has 0 unspecified atom stereocenters. The fourth-order valence-electron chi connectivity index (χ4n) is 2.68. The van der Waals surface area contributed by atoms with Crippen LogP contribution in [0.5, 0.6) is 11.5 Å². The molecule has 3 rings (SSSR count). The van der Waals surface area contributed by atoms with E-state index in [0.29, 0.717) is 39.3 Å². The van der Waals surface area contributed by atoms with Gasteiger partial charge in [-0.2, -0.15) is 0 Å². The van der Waals surface area contributed by atoms with Crippen molar-refractivity contribution in [3.8, 4) is 22.8 Å². The minimum atomic E-state index is -0.278. The van der Waals surface area contributed by atoms with Gasteiger partial charge in [-0.3, -0.25) is 10.1 Å². The normalized spacial score (nSPS) is 10.9. The van der Waals surface area contributed by atoms with Gasteiger partial charge in [0.2, 0.25) is 0 Å². The highest BCUT2D eigenvalue weighted by Gasteiger charge is 2.23. The SMILES string of the molecule is COc1ccc(-c2csc(NC(=O)c3c(C)noc3C(C)C)n2)c(OC)c1. The molecule has 2 heterocycles. The Hall–Kier alpha value is -2.87. The average molecular weight is 387 g/mol. The second-order valence-corrected chi connectivity index (χ2v) is 7.08. The van der Waals surface area contributed by atoms with Crippen molar-refractivity contribution < 1.29 is 18.8 Å². The molecule has 1 aromatic carbocycles. The first-order valence-corrected chi connectivity index (χ1v) is 9.28. The fourth-order valence-corrected chi connectivity index (χ4v) is 3.39. The summed E-state index contributed by atoms with van der Waals surface area (Å²) in [6.45, 7) is 5.65. The molecule has 142 valence electrons. The van der Waals surface area contributed by atoms with E-state index in [1.54, 1.807) is 27.2 Å². The molecule has 1 N–H and O–H groups in total. The number of ether oxygens (including phenoxy) is 2. The topological polar surface area (TPSA) is 86.5 Å². The molecule has 7 nitrogen and oxygen atoms in total. The second kappa shape index (κ2) is 7.79. The van der Waals surface area contributed by atoms with Crippen LogP contribution in [0.1, 0.15) is 41.6 Å². The van der Waals surface area contributed by atoms with E-state index in [0.717, 1.165) is 5.56 Å².